The highest BCUT2D eigenvalue weighted by Gasteiger charge is 2.27. The number of para-hydroxylation sites is 4. The van der Waals surface area contributed by atoms with Crippen molar-refractivity contribution in [2.75, 3.05) is 0 Å². The van der Waals surface area contributed by atoms with Gasteiger partial charge in [-0.25, -0.2) is 0 Å². The fourth-order valence-corrected chi connectivity index (χ4v) is 15.0. The van der Waals surface area contributed by atoms with Gasteiger partial charge in [-0.05, 0) is 150 Å². The van der Waals surface area contributed by atoms with E-state index >= 15 is 0 Å². The van der Waals surface area contributed by atoms with Crippen LogP contribution in [0, 0.1) is 0 Å². The minimum absolute atomic E-state index is 0.599. The van der Waals surface area contributed by atoms with E-state index in [0.29, 0.717) is 23.0 Å². The summed E-state index contributed by atoms with van der Waals surface area (Å²) in [5, 5.41) is 9.18. The number of thiophene rings is 2. The molecule has 0 fully saturated rings. The first kappa shape index (κ1) is 49.7. The number of hydrogen-bond acceptors (Lipinski definition) is 6. The molecule has 8 heteroatoms. The molecule has 17 rings (SSSR count). The van der Waals surface area contributed by atoms with Crippen molar-refractivity contribution in [1.82, 2.24) is 9.13 Å². The predicted molar refractivity (Wildman–Crippen MR) is 358 cm³/mol. The number of aromatic nitrogens is 2. The second-order valence-corrected chi connectivity index (χ2v) is 23.6. The minimum Gasteiger partial charge on any atom is -0.457 e. The zero-order chi connectivity index (χ0) is 56.7. The van der Waals surface area contributed by atoms with Gasteiger partial charge in [0.25, 0.3) is 0 Å². The molecule has 0 radical (unpaired) electrons. The van der Waals surface area contributed by atoms with Crippen LogP contribution in [0.2, 0.25) is 0 Å². The SMILES string of the molecule is c1ccc(Oc2ccc3c(c2)c2c(-c4cccc5sc6ccccc6c45)cccc2n3-c2cc(-n3c4ccc(Oc5ccccc5)cc4c4c(-c5cccc6sc7ccccc7c56)cccc43)c(Oc3ccccc3)cc2Oc2ccccc2)cc1. The molecule has 0 saturated carbocycles. The van der Waals surface area contributed by atoms with Gasteiger partial charge in [-0.1, -0.05) is 158 Å². The second-order valence-electron chi connectivity index (χ2n) is 21.4. The summed E-state index contributed by atoms with van der Waals surface area (Å²) < 4.78 is 37.6. The van der Waals surface area contributed by atoms with E-state index in [0.717, 1.165) is 100 Å². The number of rotatable bonds is 12. The van der Waals surface area contributed by atoms with Gasteiger partial charge in [-0.2, -0.15) is 0 Å². The maximum Gasteiger partial charge on any atom is 0.155 e. The molecule has 0 aliphatic heterocycles. The molecule has 13 aromatic carbocycles. The number of benzene rings is 13. The summed E-state index contributed by atoms with van der Waals surface area (Å²) in [7, 11) is 0. The molecule has 4 heterocycles. The Morgan fingerprint density at radius 1 is 0.221 bits per heavy atom. The van der Waals surface area contributed by atoms with Crippen LogP contribution in [-0.2, 0) is 0 Å². The molecule has 0 aliphatic rings. The molecule has 0 saturated heterocycles. The molecular formula is C78H48N2O4S2. The highest BCUT2D eigenvalue weighted by molar-refractivity contribution is 7.26. The maximum absolute atomic E-state index is 7.24. The maximum atomic E-state index is 7.24. The lowest BCUT2D eigenvalue weighted by Gasteiger charge is -2.21. The van der Waals surface area contributed by atoms with E-state index in [-0.39, 0.29) is 0 Å². The van der Waals surface area contributed by atoms with Gasteiger partial charge in [-0.3, -0.25) is 0 Å². The molecule has 0 unspecified atom stereocenters. The fourth-order valence-electron chi connectivity index (χ4n) is 12.7. The second kappa shape index (κ2) is 20.5. The van der Waals surface area contributed by atoms with Crippen LogP contribution in [0.15, 0.2) is 291 Å². The van der Waals surface area contributed by atoms with Crippen LogP contribution >= 0.6 is 22.7 Å². The molecule has 6 nitrogen and oxygen atoms in total. The Morgan fingerprint density at radius 2 is 0.570 bits per heavy atom. The molecule has 0 aliphatic carbocycles. The van der Waals surface area contributed by atoms with Crippen LogP contribution in [0.4, 0.5) is 0 Å². The van der Waals surface area contributed by atoms with Crippen molar-refractivity contribution in [3.05, 3.63) is 291 Å². The van der Waals surface area contributed by atoms with Crippen LogP contribution in [-0.4, -0.2) is 9.13 Å². The van der Waals surface area contributed by atoms with Gasteiger partial charge in [0.2, 0.25) is 0 Å². The van der Waals surface area contributed by atoms with Crippen LogP contribution in [0.1, 0.15) is 0 Å². The molecule has 17 aromatic rings. The van der Waals surface area contributed by atoms with Crippen LogP contribution < -0.4 is 18.9 Å². The highest BCUT2D eigenvalue weighted by atomic mass is 32.1. The van der Waals surface area contributed by atoms with Gasteiger partial charge in [-0.15, -0.1) is 22.7 Å². The molecule has 0 amide bonds. The van der Waals surface area contributed by atoms with Crippen molar-refractivity contribution in [2.45, 2.75) is 0 Å². The lowest BCUT2D eigenvalue weighted by atomic mass is 9.95. The largest absolute Gasteiger partial charge is 0.457 e. The van der Waals surface area contributed by atoms with Crippen LogP contribution in [0.25, 0.3) is 118 Å². The molecule has 0 spiro atoms. The summed E-state index contributed by atoms with van der Waals surface area (Å²) in [5.41, 5.74) is 10.1. The van der Waals surface area contributed by atoms with E-state index in [2.05, 4.69) is 179 Å². The Kier molecular flexibility index (Phi) is 11.8. The van der Waals surface area contributed by atoms with Crippen LogP contribution in [0.3, 0.4) is 0 Å². The standard InChI is InChI=1S/C78H48N2O4S2/c1-5-21-49(22-6-1)81-53-41-43-63-61(45-53)75-55(57-33-19-39-73-77(57)59-29-13-15-37-71(59)85-73)31-17-35-65(75)79(63)67-47-68(70(84-52-27-11-4-12-28-52)48-69(67)83-51-25-9-3-10-26-51)80-64-44-42-54(82-50-23-7-2-8-24-50)46-62(64)76-56(32-18-36-66(76)80)58-34-20-40-74-78(58)60-30-14-16-38-72(60)86-74/h1-48H. The smallest absolute Gasteiger partial charge is 0.155 e. The third-order valence-electron chi connectivity index (χ3n) is 16.3. The Morgan fingerprint density at radius 3 is 0.988 bits per heavy atom. The third kappa shape index (κ3) is 8.37. The Bertz CT molecular complexity index is 5140. The van der Waals surface area contributed by atoms with Crippen molar-refractivity contribution in [2.24, 2.45) is 0 Å². The monoisotopic (exact) mass is 1140 g/mol. The van der Waals surface area contributed by atoms with Crippen LogP contribution in [0.5, 0.6) is 46.0 Å². The molecule has 0 N–H and O–H groups in total. The number of nitrogens with zero attached hydrogens (tertiary/aromatic N) is 2. The van der Waals surface area contributed by atoms with Crippen molar-refractivity contribution >= 4 is 107 Å². The first-order chi connectivity index (χ1) is 42.6. The molecule has 406 valence electrons. The first-order valence-corrected chi connectivity index (χ1v) is 30.3. The third-order valence-corrected chi connectivity index (χ3v) is 18.6. The summed E-state index contributed by atoms with van der Waals surface area (Å²) in [6.45, 7) is 0. The normalized spacial score (nSPS) is 11.7. The van der Waals surface area contributed by atoms with Gasteiger partial charge in [0.1, 0.15) is 34.5 Å². The van der Waals surface area contributed by atoms with E-state index in [1.807, 2.05) is 144 Å². The average molecular weight is 1140 g/mol. The highest BCUT2D eigenvalue weighted by Crippen LogP contribution is 2.51. The molecular weight excluding hydrogens is 1090 g/mol. The zero-order valence-electron chi connectivity index (χ0n) is 46.1. The molecule has 0 bridgehead atoms. The zero-order valence-corrected chi connectivity index (χ0v) is 47.7. The number of fused-ring (bicyclic) bond motifs is 12. The lowest BCUT2D eigenvalue weighted by molar-refractivity contribution is 0.458. The lowest BCUT2D eigenvalue weighted by Crippen LogP contribution is -2.04. The van der Waals surface area contributed by atoms with E-state index in [1.54, 1.807) is 0 Å². The molecule has 4 aromatic heterocycles. The Hall–Kier alpha value is -10.9. The first-order valence-electron chi connectivity index (χ1n) is 28.7. The quantitative estimate of drug-likeness (QED) is 0.122. The summed E-state index contributed by atoms with van der Waals surface area (Å²) in [4.78, 5) is 0. The van der Waals surface area contributed by atoms with Crippen molar-refractivity contribution in [1.29, 1.82) is 0 Å². The number of ether oxygens (including phenoxy) is 4. The summed E-state index contributed by atoms with van der Waals surface area (Å²) in [6, 6.07) is 102. The van der Waals surface area contributed by atoms with Gasteiger partial charge in [0.15, 0.2) is 11.5 Å². The van der Waals surface area contributed by atoms with Gasteiger partial charge < -0.3 is 28.1 Å². The predicted octanol–water partition coefficient (Wildman–Crippen LogP) is 23.1. The molecule has 86 heavy (non-hydrogen) atoms. The topological polar surface area (TPSA) is 46.8 Å². The minimum atomic E-state index is 0.599. The summed E-state index contributed by atoms with van der Waals surface area (Å²) in [5.74, 6) is 5.55. The van der Waals surface area contributed by atoms with E-state index in [1.165, 1.54) is 40.3 Å². The van der Waals surface area contributed by atoms with Gasteiger partial charge >= 0.3 is 0 Å². The van der Waals surface area contributed by atoms with E-state index in [9.17, 15) is 0 Å². The molecule has 0 atom stereocenters. The van der Waals surface area contributed by atoms with E-state index < -0.39 is 0 Å². The number of hydrogen-bond donors (Lipinski definition) is 0. The van der Waals surface area contributed by atoms with Crippen molar-refractivity contribution in [3.8, 4) is 79.6 Å². The van der Waals surface area contributed by atoms with E-state index in [4.69, 9.17) is 18.9 Å². The average Bonchev–Trinajstić information content (AvgIpc) is 1.65. The van der Waals surface area contributed by atoms with Crippen molar-refractivity contribution in [3.63, 3.8) is 0 Å². The van der Waals surface area contributed by atoms with Gasteiger partial charge in [0, 0.05) is 68.0 Å². The van der Waals surface area contributed by atoms with Gasteiger partial charge in [0.05, 0.1) is 33.4 Å². The van der Waals surface area contributed by atoms with Crippen molar-refractivity contribution < 1.29 is 18.9 Å². The Balaban J connectivity index is 0.985. The summed E-state index contributed by atoms with van der Waals surface area (Å²) in [6.07, 6.45) is 0. The Labute approximate surface area is 502 Å². The fraction of sp³-hybridized carbons (Fsp3) is 0. The summed E-state index contributed by atoms with van der Waals surface area (Å²) >= 11 is 3.66.